The Bertz CT molecular complexity index is 548. The smallest absolute Gasteiger partial charge is 0.333 e. The first-order valence-electron chi connectivity index (χ1n) is 7.63. The fourth-order valence-corrected chi connectivity index (χ4v) is 2.90. The van der Waals surface area contributed by atoms with Crippen molar-refractivity contribution in [1.29, 1.82) is 0 Å². The molecule has 1 N–H and O–H groups in total. The van der Waals surface area contributed by atoms with Crippen LogP contribution in [0.4, 0.5) is 0 Å². The highest BCUT2D eigenvalue weighted by Crippen LogP contribution is 2.38. The minimum absolute atomic E-state index is 0.101. The van der Waals surface area contributed by atoms with Gasteiger partial charge in [-0.2, -0.15) is 0 Å². The minimum Gasteiger partial charge on any atom is -0.543 e. The molecule has 1 atom stereocenters. The lowest BCUT2D eigenvalue weighted by atomic mass is 10.1. The molecule has 1 rings (SSSR count). The number of ether oxygens (including phenoxy) is 2. The van der Waals surface area contributed by atoms with E-state index >= 15 is 0 Å². The van der Waals surface area contributed by atoms with Crippen molar-refractivity contribution >= 4 is 14.3 Å². The van der Waals surface area contributed by atoms with Crippen molar-refractivity contribution in [1.82, 2.24) is 0 Å². The van der Waals surface area contributed by atoms with Crippen molar-refractivity contribution in [3.63, 3.8) is 0 Å². The average molecular weight is 340 g/mol. The van der Waals surface area contributed by atoms with Crippen LogP contribution in [0.5, 0.6) is 11.5 Å². The van der Waals surface area contributed by atoms with Crippen LogP contribution in [0.1, 0.15) is 26.3 Å². The van der Waals surface area contributed by atoms with Gasteiger partial charge in [-0.05, 0) is 29.8 Å². The quantitative estimate of drug-likeness (QED) is 0.766. The molecule has 23 heavy (non-hydrogen) atoms. The van der Waals surface area contributed by atoms with E-state index in [9.17, 15) is 4.79 Å². The average Bonchev–Trinajstić information content (AvgIpc) is 2.43. The van der Waals surface area contributed by atoms with Crippen molar-refractivity contribution < 1.29 is 23.8 Å². The minimum atomic E-state index is -1.93. The fraction of sp³-hybridized carbons (Fsp3) is 0.588. The number of carboxylic acids is 1. The molecule has 0 aromatic heterocycles. The van der Waals surface area contributed by atoms with Gasteiger partial charge in [0.05, 0.1) is 7.11 Å². The molecule has 0 radical (unpaired) electrons. The maximum absolute atomic E-state index is 11.1. The van der Waals surface area contributed by atoms with Crippen molar-refractivity contribution in [2.75, 3.05) is 14.2 Å². The predicted molar refractivity (Wildman–Crippen MR) is 93.0 cm³/mol. The summed E-state index contributed by atoms with van der Waals surface area (Å²) in [5.74, 6) is 0.377. The fourth-order valence-electron chi connectivity index (χ4n) is 1.88. The number of hydrogen-bond acceptors (Lipinski definition) is 4. The standard InChI is InChI=1S/C17H28O5Si/c1-17(2,3)23(6,7)22-13-9-8-12(14(11-13)20-4)10-15(21-5)16(18)19/h8-9,11,15H,10H2,1-7H3,(H,18,19). The second-order valence-corrected chi connectivity index (χ2v) is 11.8. The van der Waals surface area contributed by atoms with Gasteiger partial charge in [0.1, 0.15) is 11.5 Å². The second kappa shape index (κ2) is 7.36. The number of rotatable bonds is 7. The van der Waals surface area contributed by atoms with Crippen molar-refractivity contribution in [3.05, 3.63) is 23.8 Å². The van der Waals surface area contributed by atoms with Gasteiger partial charge in [-0.1, -0.05) is 26.8 Å². The van der Waals surface area contributed by atoms with Crippen LogP contribution < -0.4 is 9.16 Å². The molecule has 0 saturated carbocycles. The van der Waals surface area contributed by atoms with Gasteiger partial charge < -0.3 is 19.0 Å². The predicted octanol–water partition coefficient (Wildman–Crippen LogP) is 3.72. The van der Waals surface area contributed by atoms with E-state index in [2.05, 4.69) is 33.9 Å². The van der Waals surface area contributed by atoms with E-state index in [0.29, 0.717) is 5.75 Å². The Labute approximate surface area is 139 Å². The molecule has 1 aromatic carbocycles. The molecular formula is C17H28O5Si. The topological polar surface area (TPSA) is 65.0 Å². The van der Waals surface area contributed by atoms with E-state index in [-0.39, 0.29) is 11.5 Å². The highest BCUT2D eigenvalue weighted by molar-refractivity contribution is 6.74. The SMILES string of the molecule is COc1cc(O[Si](C)(C)C(C)(C)C)ccc1CC(OC)C(=O)O. The molecule has 5 nitrogen and oxygen atoms in total. The summed E-state index contributed by atoms with van der Waals surface area (Å²) in [5, 5.41) is 9.21. The Morgan fingerprint density at radius 3 is 2.30 bits per heavy atom. The molecule has 6 heteroatoms. The molecule has 0 amide bonds. The highest BCUT2D eigenvalue weighted by Gasteiger charge is 2.39. The van der Waals surface area contributed by atoms with Crippen molar-refractivity contribution in [2.45, 2.75) is 51.4 Å². The lowest BCUT2D eigenvalue weighted by molar-refractivity contribution is -0.148. The molecule has 0 bridgehead atoms. The van der Waals surface area contributed by atoms with E-state index in [0.717, 1.165) is 11.3 Å². The third-order valence-electron chi connectivity index (χ3n) is 4.40. The van der Waals surface area contributed by atoms with Crippen molar-refractivity contribution in [2.24, 2.45) is 0 Å². The third-order valence-corrected chi connectivity index (χ3v) is 8.76. The molecule has 0 aliphatic carbocycles. The second-order valence-electron chi connectivity index (χ2n) is 7.10. The molecule has 1 unspecified atom stereocenters. The van der Waals surface area contributed by atoms with Crippen LogP contribution in [-0.4, -0.2) is 39.7 Å². The van der Waals surface area contributed by atoms with Crippen LogP contribution in [0.3, 0.4) is 0 Å². The van der Waals surface area contributed by atoms with Crippen LogP contribution >= 0.6 is 0 Å². The first kappa shape index (κ1) is 19.5. The molecule has 130 valence electrons. The first-order valence-corrected chi connectivity index (χ1v) is 10.5. The summed E-state index contributed by atoms with van der Waals surface area (Å²) in [6.07, 6.45) is -0.647. The Kier molecular flexibility index (Phi) is 6.24. The van der Waals surface area contributed by atoms with Crippen LogP contribution in [-0.2, 0) is 16.0 Å². The van der Waals surface area contributed by atoms with Crippen LogP contribution in [0.2, 0.25) is 18.1 Å². The largest absolute Gasteiger partial charge is 0.543 e. The van der Waals surface area contributed by atoms with Crippen LogP contribution in [0.15, 0.2) is 18.2 Å². The van der Waals surface area contributed by atoms with Gasteiger partial charge in [-0.15, -0.1) is 0 Å². The number of carbonyl (C=O) groups is 1. The molecule has 0 heterocycles. The zero-order valence-electron chi connectivity index (χ0n) is 15.1. The molecule has 0 aliphatic heterocycles. The van der Waals surface area contributed by atoms with Gasteiger partial charge in [-0.25, -0.2) is 4.79 Å². The third kappa shape index (κ3) is 4.97. The van der Waals surface area contributed by atoms with E-state index in [1.54, 1.807) is 7.11 Å². The zero-order valence-corrected chi connectivity index (χ0v) is 16.1. The van der Waals surface area contributed by atoms with Crippen LogP contribution in [0.25, 0.3) is 0 Å². The van der Waals surface area contributed by atoms with Crippen molar-refractivity contribution in [3.8, 4) is 11.5 Å². The molecule has 0 aliphatic rings. The maximum Gasteiger partial charge on any atom is 0.333 e. The summed E-state index contributed by atoms with van der Waals surface area (Å²) in [7, 11) is 1.03. The first-order chi connectivity index (χ1) is 10.5. The molecule has 1 aromatic rings. The Balaban J connectivity index is 3.03. The summed E-state index contributed by atoms with van der Waals surface area (Å²) in [6, 6.07) is 5.54. The number of methoxy groups -OCH3 is 2. The summed E-state index contributed by atoms with van der Waals surface area (Å²) in [6.45, 7) is 10.9. The highest BCUT2D eigenvalue weighted by atomic mass is 28.4. The Morgan fingerprint density at radius 2 is 1.87 bits per heavy atom. The Hall–Kier alpha value is -1.53. The number of benzene rings is 1. The van der Waals surface area contributed by atoms with E-state index in [1.165, 1.54) is 7.11 Å². The Morgan fingerprint density at radius 1 is 1.26 bits per heavy atom. The summed E-state index contributed by atoms with van der Waals surface area (Å²) in [5.41, 5.74) is 0.782. The van der Waals surface area contributed by atoms with Crippen LogP contribution in [0, 0.1) is 0 Å². The van der Waals surface area contributed by atoms with E-state index < -0.39 is 20.4 Å². The number of hydrogen-bond donors (Lipinski definition) is 1. The number of carboxylic acid groups (broad SMARTS) is 1. The van der Waals surface area contributed by atoms with E-state index in [4.69, 9.17) is 19.0 Å². The van der Waals surface area contributed by atoms with E-state index in [1.807, 2.05) is 18.2 Å². The molecular weight excluding hydrogens is 312 g/mol. The molecule has 0 fully saturated rings. The van der Waals surface area contributed by atoms with Gasteiger partial charge in [0.25, 0.3) is 0 Å². The van der Waals surface area contributed by atoms with Gasteiger partial charge in [0.15, 0.2) is 6.10 Å². The number of aliphatic carboxylic acids is 1. The summed E-state index contributed by atoms with van der Waals surface area (Å²) >= 11 is 0. The summed E-state index contributed by atoms with van der Waals surface area (Å²) in [4.78, 5) is 11.1. The summed E-state index contributed by atoms with van der Waals surface area (Å²) < 4.78 is 16.6. The van der Waals surface area contributed by atoms with Gasteiger partial charge >= 0.3 is 5.97 Å². The van der Waals surface area contributed by atoms with Gasteiger partial charge in [-0.3, -0.25) is 0 Å². The lowest BCUT2D eigenvalue weighted by Gasteiger charge is -2.36. The lowest BCUT2D eigenvalue weighted by Crippen LogP contribution is -2.43. The van der Waals surface area contributed by atoms with Gasteiger partial charge in [0, 0.05) is 19.6 Å². The maximum atomic E-state index is 11.1. The molecule has 0 spiro atoms. The normalized spacial score (nSPS) is 13.5. The molecule has 0 saturated heterocycles. The van der Waals surface area contributed by atoms with Gasteiger partial charge in [0.2, 0.25) is 8.32 Å². The monoisotopic (exact) mass is 340 g/mol. The zero-order chi connectivity index (χ0) is 17.8.